The summed E-state index contributed by atoms with van der Waals surface area (Å²) in [5.74, 6) is -17.1. The van der Waals surface area contributed by atoms with Gasteiger partial charge in [-0.1, -0.05) is 78.3 Å². The number of aliphatic imine (C=N–C) groups is 1. The first kappa shape index (κ1) is 94.8. The zero-order valence-corrected chi connectivity index (χ0v) is 65.5. The molecule has 630 valence electrons. The lowest BCUT2D eigenvalue weighted by Gasteiger charge is -2.32. The van der Waals surface area contributed by atoms with Crippen LogP contribution < -0.4 is 86.7 Å². The van der Waals surface area contributed by atoms with Crippen molar-refractivity contribution in [2.45, 2.75) is 230 Å². The van der Waals surface area contributed by atoms with E-state index in [4.69, 9.17) is 28.0 Å². The van der Waals surface area contributed by atoms with E-state index in [0.29, 0.717) is 28.5 Å². The van der Waals surface area contributed by atoms with Crippen LogP contribution in [-0.2, 0) is 89.6 Å². The zero-order valence-electron chi connectivity index (χ0n) is 65.5. The quantitative estimate of drug-likeness (QED) is 0.0143. The summed E-state index contributed by atoms with van der Waals surface area (Å²) in [6.45, 7) is 12.4. The van der Waals surface area contributed by atoms with Crippen molar-refractivity contribution in [1.29, 1.82) is 0 Å². The summed E-state index contributed by atoms with van der Waals surface area (Å²) >= 11 is 0. The molecule has 1 aromatic heterocycles. The highest BCUT2D eigenvalue weighted by molar-refractivity contribution is 6.00. The zero-order chi connectivity index (χ0) is 85.4. The number of aliphatic hydroxyl groups excluding tert-OH is 2. The molecule has 1 aliphatic rings. The van der Waals surface area contributed by atoms with E-state index in [-0.39, 0.29) is 101 Å². The van der Waals surface area contributed by atoms with Gasteiger partial charge >= 0.3 is 11.9 Å². The number of nitrogens with two attached hydrogens (primary N) is 4. The second-order valence-corrected chi connectivity index (χ2v) is 29.2. The highest BCUT2D eigenvalue weighted by Crippen LogP contribution is 2.23. The van der Waals surface area contributed by atoms with E-state index in [0.717, 1.165) is 0 Å². The molecule has 3 aromatic rings. The lowest BCUT2D eigenvalue weighted by Crippen LogP contribution is -2.62. The van der Waals surface area contributed by atoms with E-state index in [9.17, 15) is 97.1 Å². The van der Waals surface area contributed by atoms with Gasteiger partial charge in [-0.2, -0.15) is 0 Å². The molecule has 0 bridgehead atoms. The topological polar surface area (TPSA) is 654 Å². The molecule has 0 saturated carbocycles. The molecule has 40 nitrogen and oxygen atoms in total. The number of aliphatic hydroxyl groups is 2. The van der Waals surface area contributed by atoms with Crippen molar-refractivity contribution in [3.05, 3.63) is 65.9 Å². The van der Waals surface area contributed by atoms with Crippen molar-refractivity contribution < 1.29 is 102 Å². The van der Waals surface area contributed by atoms with Gasteiger partial charge in [0.2, 0.25) is 82.7 Å². The van der Waals surface area contributed by atoms with Gasteiger partial charge in [0.05, 0.1) is 25.3 Å². The number of carboxylic acids is 2. The predicted octanol–water partition coefficient (Wildman–Crippen LogP) is -4.75. The number of phenols is 1. The number of aromatic hydroxyl groups is 1. The summed E-state index contributed by atoms with van der Waals surface area (Å²) in [7, 11) is 0. The number of rotatable bonds is 48. The van der Waals surface area contributed by atoms with Crippen molar-refractivity contribution in [2.24, 2.45) is 45.7 Å². The molecule has 0 unspecified atom stereocenters. The molecule has 2 heterocycles. The minimum absolute atomic E-state index is 0.00273. The van der Waals surface area contributed by atoms with E-state index >= 15 is 0 Å². The number of carboxylic acid groups (broad SMARTS) is 2. The smallest absolute Gasteiger partial charge is 0.328 e. The first-order chi connectivity index (χ1) is 53.6. The number of hydrogen-bond acceptors (Lipinski definition) is 21. The number of para-hydroxylation sites is 1. The second-order valence-electron chi connectivity index (χ2n) is 29.2. The Morgan fingerprint density at radius 3 is 1.68 bits per heavy atom. The summed E-state index contributed by atoms with van der Waals surface area (Å²) in [5, 5.41) is 79.5. The van der Waals surface area contributed by atoms with Crippen LogP contribution in [0.2, 0.25) is 0 Å². The van der Waals surface area contributed by atoms with Gasteiger partial charge < -0.3 is 122 Å². The normalized spacial score (nSPS) is 16.3. The highest BCUT2D eigenvalue weighted by Gasteiger charge is 2.42. The number of hydrogen-bond donors (Lipinski definition) is 22. The maximum atomic E-state index is 14.7. The molecule has 14 amide bonds. The van der Waals surface area contributed by atoms with Gasteiger partial charge in [0.25, 0.3) is 0 Å². The number of likely N-dealkylation sites (tertiary alicyclic amines) is 1. The molecular formula is C74H113N19O21. The molecule has 0 aliphatic carbocycles. The number of primary amides is 1. The number of nitrogens with one attached hydrogen (secondary N) is 13. The molecule has 2 aromatic carbocycles. The van der Waals surface area contributed by atoms with E-state index in [2.05, 4.69) is 73.8 Å². The standard InChI is InChI=1S/C74H113N19O21/c1-10-38(6)59(70(110)92-60(41(9)95)71(111)82-39(7)61(101)87-52(31-42-19-21-44(96)22-20-42)67(107)90-54(35-94)73(113)114)91-69(109)55-18-14-28-93(55)72(112)40(8)83-65(105)50(29-36(2)3)89-66(106)51(30-37(4)5)88-64(104)48(17-13-27-79-74(77)78)86-68(108)53(32-43-33-80-47-16-12-11-15-45(43)47)84-57(98)34-81-63(103)49(24-25-56(76)97)85-62(102)46(75)23-26-58(99)100/h11-12,15-16,19-22,33,36-41,46,48-55,59-60,80,94-96H,10,13-14,17-18,23-32,34-35,75H2,1-9H3,(H2,76,97)(H,81,103)(H,82,111)(H,83,105)(H,84,98)(H,85,102)(H,86,108)(H,87,101)(H,88,104)(H,89,106)(H,90,107)(H,91,109)(H,92,110)(H,99,100)(H,113,114)(H4,77,78,79)/t38-,39-,40-,41+,46-,48-,49-,50-,51-,52-,53-,54-,55-,59-,60-/m0/s1. The lowest BCUT2D eigenvalue weighted by molar-refractivity contribution is -0.143. The fourth-order valence-electron chi connectivity index (χ4n) is 12.2. The van der Waals surface area contributed by atoms with Crippen LogP contribution in [0.1, 0.15) is 144 Å². The van der Waals surface area contributed by atoms with Crippen LogP contribution in [-0.4, -0.2) is 247 Å². The van der Waals surface area contributed by atoms with Gasteiger partial charge in [-0.05, 0) is 119 Å². The van der Waals surface area contributed by atoms with Gasteiger partial charge in [-0.15, -0.1) is 0 Å². The number of carbonyl (C=O) groups is 16. The maximum Gasteiger partial charge on any atom is 0.328 e. The summed E-state index contributed by atoms with van der Waals surface area (Å²) in [6, 6.07) is -6.42. The number of aromatic amines is 1. The van der Waals surface area contributed by atoms with Crippen LogP contribution in [0, 0.1) is 17.8 Å². The van der Waals surface area contributed by atoms with Crippen LogP contribution in [0.25, 0.3) is 10.9 Å². The van der Waals surface area contributed by atoms with Crippen LogP contribution >= 0.6 is 0 Å². The van der Waals surface area contributed by atoms with E-state index < -0.39 is 211 Å². The number of phenolic OH excluding ortho intramolecular Hbond substituents is 1. The summed E-state index contributed by atoms with van der Waals surface area (Å²) in [4.78, 5) is 225. The minimum atomic E-state index is -1.76. The molecule has 0 radical (unpaired) electrons. The largest absolute Gasteiger partial charge is 0.508 e. The first-order valence-corrected chi connectivity index (χ1v) is 37.7. The number of aromatic nitrogens is 1. The molecule has 1 fully saturated rings. The van der Waals surface area contributed by atoms with Crippen LogP contribution in [0.5, 0.6) is 5.75 Å². The Labute approximate surface area is 658 Å². The number of carbonyl (C=O) groups excluding carboxylic acids is 14. The van der Waals surface area contributed by atoms with Gasteiger partial charge in [0.15, 0.2) is 5.96 Å². The average Bonchev–Trinajstić information content (AvgIpc) is 1.64. The van der Waals surface area contributed by atoms with Crippen molar-refractivity contribution in [1.82, 2.24) is 73.7 Å². The number of amides is 14. The monoisotopic (exact) mass is 1600 g/mol. The SMILES string of the molecule is CC[C@H](C)[C@H](NC(=O)[C@@H]1CCCN1C(=O)[C@H](C)NC(=O)[C@H](CC(C)C)NC(=O)[C@H](CC(C)C)NC(=O)[C@H](CCCN=C(N)N)NC(=O)[C@H](Cc1c[nH]c2ccccc12)NC(=O)CNC(=O)[C@H](CCC(N)=O)NC(=O)[C@@H](N)CCC(=O)O)C(=O)N[C@H](C(=O)N[C@@H](C)C(=O)N[C@@H](Cc1ccc(O)cc1)C(=O)N[C@@H](CO)C(=O)O)[C@@H](C)O. The fraction of sp³-hybridized carbons (Fsp3) is 0.581. The van der Waals surface area contributed by atoms with Crippen molar-refractivity contribution in [2.75, 3.05) is 26.2 Å². The lowest BCUT2D eigenvalue weighted by atomic mass is 9.97. The molecule has 4 rings (SSSR count). The third-order valence-electron chi connectivity index (χ3n) is 18.7. The molecule has 114 heavy (non-hydrogen) atoms. The Bertz CT molecular complexity index is 3890. The average molecular weight is 1600 g/mol. The first-order valence-electron chi connectivity index (χ1n) is 37.7. The van der Waals surface area contributed by atoms with Crippen molar-refractivity contribution >= 4 is 112 Å². The number of aliphatic carboxylic acids is 2. The van der Waals surface area contributed by atoms with Gasteiger partial charge in [0, 0.05) is 55.9 Å². The van der Waals surface area contributed by atoms with E-state index in [1.807, 2.05) is 0 Å². The Morgan fingerprint density at radius 2 is 1.11 bits per heavy atom. The van der Waals surface area contributed by atoms with Gasteiger partial charge in [0.1, 0.15) is 78.3 Å². The predicted molar refractivity (Wildman–Crippen MR) is 412 cm³/mol. The minimum Gasteiger partial charge on any atom is -0.508 e. The third-order valence-corrected chi connectivity index (χ3v) is 18.7. The van der Waals surface area contributed by atoms with Crippen LogP contribution in [0.15, 0.2) is 59.7 Å². The number of benzene rings is 2. The molecule has 40 heteroatoms. The van der Waals surface area contributed by atoms with Gasteiger partial charge in [-0.25, -0.2) is 4.79 Å². The molecule has 26 N–H and O–H groups in total. The second kappa shape index (κ2) is 46.5. The maximum absolute atomic E-state index is 14.7. The van der Waals surface area contributed by atoms with E-state index in [1.54, 1.807) is 72.0 Å². The highest BCUT2D eigenvalue weighted by atomic mass is 16.4. The Balaban J connectivity index is 1.52. The summed E-state index contributed by atoms with van der Waals surface area (Å²) in [6.07, 6.45) is -1.39. The van der Waals surface area contributed by atoms with Crippen LogP contribution in [0.3, 0.4) is 0 Å². The molecule has 0 spiro atoms. The number of guanidine groups is 1. The fourth-order valence-corrected chi connectivity index (χ4v) is 12.2. The third kappa shape index (κ3) is 31.2. The Kier molecular flexibility index (Phi) is 38.6. The summed E-state index contributed by atoms with van der Waals surface area (Å²) < 4.78 is 0. The van der Waals surface area contributed by atoms with Crippen LogP contribution in [0.4, 0.5) is 0 Å². The Morgan fingerprint density at radius 1 is 0.570 bits per heavy atom. The number of H-pyrrole nitrogens is 1. The number of nitrogens with zero attached hydrogens (tertiary/aromatic N) is 2. The number of fused-ring (bicyclic) bond motifs is 1. The van der Waals surface area contributed by atoms with Crippen molar-refractivity contribution in [3.63, 3.8) is 0 Å². The molecular weight excluding hydrogens is 1490 g/mol. The Hall–Kier alpha value is -11.6. The van der Waals surface area contributed by atoms with Crippen molar-refractivity contribution in [3.8, 4) is 5.75 Å². The molecule has 1 aliphatic heterocycles. The van der Waals surface area contributed by atoms with E-state index in [1.165, 1.54) is 49.9 Å². The summed E-state index contributed by atoms with van der Waals surface area (Å²) in [5.41, 5.74) is 24.0. The molecule has 15 atom stereocenters. The molecule has 1 saturated heterocycles. The van der Waals surface area contributed by atoms with Gasteiger partial charge in [-0.3, -0.25) is 76.9 Å².